The average Bonchev–Trinajstić information content (AvgIpc) is 2.94. The Morgan fingerprint density at radius 2 is 1.62 bits per heavy atom. The van der Waals surface area contributed by atoms with E-state index in [0.717, 1.165) is 31.7 Å². The van der Waals surface area contributed by atoms with E-state index in [-0.39, 0.29) is 6.42 Å². The summed E-state index contributed by atoms with van der Waals surface area (Å²) in [5.41, 5.74) is 17.8. The molecule has 8 N–H and O–H groups in total. The lowest BCUT2D eigenvalue weighted by atomic mass is 10.0. The van der Waals surface area contributed by atoms with Crippen molar-refractivity contribution in [1.29, 1.82) is 0 Å². The molecule has 2 atom stereocenters. The number of aryl methyl sites for hydroxylation is 1. The molecule has 40 heavy (non-hydrogen) atoms. The minimum Gasteiger partial charge on any atom is -0.494 e. The lowest BCUT2D eigenvalue weighted by Gasteiger charge is -2.21. The van der Waals surface area contributed by atoms with Gasteiger partial charge in [0.15, 0.2) is 0 Å². The number of nitrogens with two attached hydrogens (primary N) is 3. The van der Waals surface area contributed by atoms with Gasteiger partial charge in [0.2, 0.25) is 11.8 Å². The van der Waals surface area contributed by atoms with Crippen molar-refractivity contribution in [2.24, 2.45) is 17.2 Å². The molecule has 0 bridgehead atoms. The summed E-state index contributed by atoms with van der Waals surface area (Å²) < 4.78 is 11.1. The van der Waals surface area contributed by atoms with Gasteiger partial charge in [-0.2, -0.15) is 0 Å². The molecule has 0 aromatic heterocycles. The van der Waals surface area contributed by atoms with Crippen LogP contribution in [0.25, 0.3) is 0 Å². The molecule has 11 nitrogen and oxygen atoms in total. The van der Waals surface area contributed by atoms with Crippen molar-refractivity contribution in [3.05, 3.63) is 54.1 Å². The van der Waals surface area contributed by atoms with E-state index >= 15 is 0 Å². The predicted molar refractivity (Wildman–Crippen MR) is 158 cm³/mol. The molecular formula is C29H46N6O5. The van der Waals surface area contributed by atoms with E-state index in [9.17, 15) is 14.4 Å². The lowest BCUT2D eigenvalue weighted by molar-refractivity contribution is -0.128. The van der Waals surface area contributed by atoms with Crippen molar-refractivity contribution < 1.29 is 23.9 Å². The van der Waals surface area contributed by atoms with Gasteiger partial charge in [0.05, 0.1) is 24.9 Å². The molecule has 0 saturated carbocycles. The average molecular weight is 559 g/mol. The summed E-state index contributed by atoms with van der Waals surface area (Å²) in [6.45, 7) is 7.94. The number of hydrogen-bond donors (Lipinski definition) is 5. The van der Waals surface area contributed by atoms with Crippen LogP contribution in [0.5, 0.6) is 11.5 Å². The van der Waals surface area contributed by atoms with Gasteiger partial charge >= 0.3 is 0 Å². The number of rotatable bonds is 17. The van der Waals surface area contributed by atoms with Gasteiger partial charge in [0.25, 0.3) is 0 Å². The standard InChI is InChI=1S/C24H31N3O5.C5H15N3/c1-3-31-18-11-13-22(32-4-2)21(16-18)27-24(30)20(26-23(29)19(25)14-15-28)12-10-17-8-6-5-7-9-17;1-8(4-2-6)5-3-7/h5-9,11,13,15-16,19-20H,3-4,10,12,14,25H2,1-2H3,(H,26,29)(H,27,30);2-7H2,1H3. The van der Waals surface area contributed by atoms with Crippen LogP contribution in [-0.2, 0) is 20.8 Å². The third-order valence-corrected chi connectivity index (χ3v) is 5.73. The minimum absolute atomic E-state index is 0.121. The first kappa shape index (κ1) is 34.5. The molecule has 0 aliphatic heterocycles. The smallest absolute Gasteiger partial charge is 0.247 e. The molecule has 222 valence electrons. The normalized spacial score (nSPS) is 12.0. The highest BCUT2D eigenvalue weighted by atomic mass is 16.5. The van der Waals surface area contributed by atoms with Gasteiger partial charge in [-0.05, 0) is 51.4 Å². The fourth-order valence-electron chi connectivity index (χ4n) is 3.63. The van der Waals surface area contributed by atoms with E-state index in [1.54, 1.807) is 18.2 Å². The second-order valence-corrected chi connectivity index (χ2v) is 8.99. The van der Waals surface area contributed by atoms with E-state index in [2.05, 4.69) is 15.5 Å². The predicted octanol–water partition coefficient (Wildman–Crippen LogP) is 1.29. The zero-order valence-corrected chi connectivity index (χ0v) is 23.9. The van der Waals surface area contributed by atoms with Crippen LogP contribution in [0, 0.1) is 0 Å². The summed E-state index contributed by atoms with van der Waals surface area (Å²) in [4.78, 5) is 38.4. The molecule has 0 saturated heterocycles. The number of amides is 2. The summed E-state index contributed by atoms with van der Waals surface area (Å²) in [6, 6.07) is 12.9. The fraction of sp³-hybridized carbons (Fsp3) is 0.483. The van der Waals surface area contributed by atoms with Crippen molar-refractivity contribution in [1.82, 2.24) is 10.2 Å². The molecule has 0 fully saturated rings. The largest absolute Gasteiger partial charge is 0.494 e. The Hall–Kier alpha value is -3.51. The van der Waals surface area contributed by atoms with Gasteiger partial charge in [-0.1, -0.05) is 30.3 Å². The number of likely N-dealkylation sites (N-methyl/N-ethyl adjacent to an activating group) is 1. The second kappa shape index (κ2) is 20.4. The van der Waals surface area contributed by atoms with Gasteiger partial charge in [-0.15, -0.1) is 0 Å². The van der Waals surface area contributed by atoms with Crippen LogP contribution in [0.1, 0.15) is 32.3 Å². The van der Waals surface area contributed by atoms with Crippen molar-refractivity contribution in [3.8, 4) is 11.5 Å². The SMILES string of the molecule is CCOc1ccc(OCC)c(NC(=O)C(CCc2ccccc2)NC(=O)C(N)CC=O)c1.CN(CCN)CCN. The molecule has 2 unspecified atom stereocenters. The van der Waals surface area contributed by atoms with Crippen LogP contribution in [-0.4, -0.2) is 81.5 Å². The summed E-state index contributed by atoms with van der Waals surface area (Å²) in [5.74, 6) is 0.111. The molecule has 11 heteroatoms. The van der Waals surface area contributed by atoms with Crippen molar-refractivity contribution in [2.45, 2.75) is 45.2 Å². The quantitative estimate of drug-likeness (QED) is 0.179. The minimum atomic E-state index is -1.01. The molecule has 2 amide bonds. The van der Waals surface area contributed by atoms with E-state index in [4.69, 9.17) is 26.7 Å². The lowest BCUT2D eigenvalue weighted by Crippen LogP contribution is -2.50. The number of hydrogen-bond acceptors (Lipinski definition) is 9. The topological polar surface area (TPSA) is 175 Å². The maximum Gasteiger partial charge on any atom is 0.247 e. The number of aldehydes is 1. The summed E-state index contributed by atoms with van der Waals surface area (Å²) in [7, 11) is 2.01. The number of carbonyl (C=O) groups excluding carboxylic acids is 3. The number of nitrogens with zero attached hydrogens (tertiary/aromatic N) is 1. The van der Waals surface area contributed by atoms with Crippen LogP contribution in [0.2, 0.25) is 0 Å². The molecule has 0 aliphatic rings. The molecular weight excluding hydrogens is 512 g/mol. The number of carbonyl (C=O) groups is 3. The van der Waals surface area contributed by atoms with E-state index < -0.39 is 23.9 Å². The Balaban J connectivity index is 0.000000869. The molecule has 0 spiro atoms. The first-order chi connectivity index (χ1) is 19.3. The van der Waals surface area contributed by atoms with Crippen LogP contribution in [0.4, 0.5) is 5.69 Å². The van der Waals surface area contributed by atoms with E-state index in [0.29, 0.717) is 49.5 Å². The summed E-state index contributed by atoms with van der Waals surface area (Å²) >= 11 is 0. The third-order valence-electron chi connectivity index (χ3n) is 5.73. The summed E-state index contributed by atoms with van der Waals surface area (Å²) in [6.07, 6.45) is 1.38. The van der Waals surface area contributed by atoms with Gasteiger partial charge < -0.3 is 47.0 Å². The highest BCUT2D eigenvalue weighted by Gasteiger charge is 2.24. The maximum absolute atomic E-state index is 13.1. The molecule has 0 heterocycles. The molecule has 2 rings (SSSR count). The highest BCUT2D eigenvalue weighted by Crippen LogP contribution is 2.29. The number of benzene rings is 2. The number of anilines is 1. The van der Waals surface area contributed by atoms with Crippen molar-refractivity contribution in [3.63, 3.8) is 0 Å². The van der Waals surface area contributed by atoms with Gasteiger partial charge in [0.1, 0.15) is 23.8 Å². The number of nitrogens with one attached hydrogen (secondary N) is 2. The van der Waals surface area contributed by atoms with Crippen LogP contribution < -0.4 is 37.3 Å². The zero-order valence-electron chi connectivity index (χ0n) is 23.9. The van der Waals surface area contributed by atoms with E-state index in [1.807, 2.05) is 51.2 Å². The highest BCUT2D eigenvalue weighted by molar-refractivity contribution is 5.99. The van der Waals surface area contributed by atoms with Gasteiger partial charge in [-0.25, -0.2) is 0 Å². The fourth-order valence-corrected chi connectivity index (χ4v) is 3.63. The molecule has 0 radical (unpaired) electrons. The Morgan fingerprint density at radius 3 is 2.20 bits per heavy atom. The maximum atomic E-state index is 13.1. The Labute approximate surface area is 237 Å². The first-order valence-corrected chi connectivity index (χ1v) is 13.6. The Bertz CT molecular complexity index is 1000. The van der Waals surface area contributed by atoms with Gasteiger partial charge in [-0.3, -0.25) is 9.59 Å². The van der Waals surface area contributed by atoms with Crippen LogP contribution >= 0.6 is 0 Å². The van der Waals surface area contributed by atoms with Crippen LogP contribution in [0.3, 0.4) is 0 Å². The molecule has 2 aromatic carbocycles. The zero-order chi connectivity index (χ0) is 29.8. The molecule has 0 aliphatic carbocycles. The second-order valence-electron chi connectivity index (χ2n) is 8.99. The van der Waals surface area contributed by atoms with Crippen LogP contribution in [0.15, 0.2) is 48.5 Å². The first-order valence-electron chi connectivity index (χ1n) is 13.6. The Kier molecular flexibility index (Phi) is 17.6. The monoisotopic (exact) mass is 558 g/mol. The third kappa shape index (κ3) is 13.5. The van der Waals surface area contributed by atoms with Crippen molar-refractivity contribution in [2.75, 3.05) is 51.8 Å². The van der Waals surface area contributed by atoms with Crippen molar-refractivity contribution >= 4 is 23.8 Å². The van der Waals surface area contributed by atoms with E-state index in [1.165, 1.54) is 0 Å². The molecule has 2 aromatic rings. The summed E-state index contributed by atoms with van der Waals surface area (Å²) in [5, 5.41) is 5.51. The Morgan fingerprint density at radius 1 is 0.975 bits per heavy atom. The van der Waals surface area contributed by atoms with Gasteiger partial charge in [0, 0.05) is 38.7 Å². The number of ether oxygens (including phenoxy) is 2.